The van der Waals surface area contributed by atoms with Crippen LogP contribution in [0.1, 0.15) is 39.0 Å². The molecular weight excluding hydrogens is 344 g/mol. The first-order valence-electron chi connectivity index (χ1n) is 8.95. The molecule has 3 rings (SSSR count). The number of nitrogens with one attached hydrogen (secondary N) is 2. The fraction of sp³-hybridized carbons (Fsp3) is 0.882. The highest BCUT2D eigenvalue weighted by Gasteiger charge is 2.56. The van der Waals surface area contributed by atoms with E-state index in [-0.39, 0.29) is 11.7 Å². The summed E-state index contributed by atoms with van der Waals surface area (Å²) < 4.78 is 0. The van der Waals surface area contributed by atoms with Crippen LogP contribution in [-0.2, 0) is 9.59 Å². The first kappa shape index (κ1) is 18.4. The van der Waals surface area contributed by atoms with Gasteiger partial charge in [-0.15, -0.1) is 0 Å². The summed E-state index contributed by atoms with van der Waals surface area (Å²) >= 11 is 0. The lowest BCUT2D eigenvalue weighted by molar-refractivity contribution is -0.133. The number of amides is 1. The molecule has 24 heavy (non-hydrogen) atoms. The summed E-state index contributed by atoms with van der Waals surface area (Å²) in [6.45, 7) is 3.87. The summed E-state index contributed by atoms with van der Waals surface area (Å²) in [5, 5.41) is 15.3. The highest BCUT2D eigenvalue weighted by atomic mass is 33.1. The fourth-order valence-corrected chi connectivity index (χ4v) is 6.82. The summed E-state index contributed by atoms with van der Waals surface area (Å²) in [5.41, 5.74) is 0.316. The van der Waals surface area contributed by atoms with Crippen LogP contribution in [0.25, 0.3) is 0 Å². The van der Waals surface area contributed by atoms with E-state index in [1.807, 2.05) is 0 Å². The smallest absolute Gasteiger partial charge is 0.314 e. The van der Waals surface area contributed by atoms with E-state index in [1.54, 1.807) is 0 Å². The van der Waals surface area contributed by atoms with Crippen LogP contribution < -0.4 is 10.6 Å². The van der Waals surface area contributed by atoms with Gasteiger partial charge in [-0.3, -0.25) is 9.59 Å². The maximum absolute atomic E-state index is 11.7. The predicted octanol–water partition coefficient (Wildman–Crippen LogP) is 2.37. The number of rotatable bonds is 9. The first-order valence-corrected chi connectivity index (χ1v) is 11.4. The minimum absolute atomic E-state index is 0.0158. The Bertz CT molecular complexity index is 486. The van der Waals surface area contributed by atoms with Gasteiger partial charge in [0.25, 0.3) is 0 Å². The Kier molecular flexibility index (Phi) is 6.03. The van der Waals surface area contributed by atoms with E-state index < -0.39 is 5.97 Å². The van der Waals surface area contributed by atoms with Gasteiger partial charge in [0.15, 0.2) is 0 Å². The average molecular weight is 373 g/mol. The van der Waals surface area contributed by atoms with E-state index in [9.17, 15) is 9.59 Å². The summed E-state index contributed by atoms with van der Waals surface area (Å²) in [7, 11) is 2.51. The second-order valence-corrected chi connectivity index (χ2v) is 10.3. The third-order valence-electron chi connectivity index (χ3n) is 5.94. The molecule has 3 fully saturated rings. The molecule has 5 nitrogen and oxygen atoms in total. The van der Waals surface area contributed by atoms with Crippen LogP contribution >= 0.6 is 21.6 Å². The van der Waals surface area contributed by atoms with Crippen molar-refractivity contribution < 1.29 is 14.7 Å². The lowest BCUT2D eigenvalue weighted by Gasteiger charge is -2.42. The van der Waals surface area contributed by atoms with Crippen molar-refractivity contribution in [2.24, 2.45) is 23.7 Å². The number of hydrogen-bond donors (Lipinski definition) is 3. The first-order chi connectivity index (χ1) is 11.5. The molecule has 5 atom stereocenters. The molecule has 0 radical (unpaired) electrons. The molecule has 3 aliphatic rings. The van der Waals surface area contributed by atoms with Gasteiger partial charge < -0.3 is 15.7 Å². The molecule has 0 aromatic carbocycles. The molecule has 1 amide bonds. The number of carboxylic acids is 1. The topological polar surface area (TPSA) is 78.4 Å². The molecule has 0 saturated heterocycles. The minimum Gasteiger partial charge on any atom is -0.481 e. The molecule has 0 aromatic rings. The number of carbonyl (C=O) groups is 2. The van der Waals surface area contributed by atoms with Crippen molar-refractivity contribution >= 4 is 33.5 Å². The highest BCUT2D eigenvalue weighted by Crippen LogP contribution is 2.60. The van der Waals surface area contributed by atoms with Crippen molar-refractivity contribution in [3.63, 3.8) is 0 Å². The molecule has 3 saturated carbocycles. The van der Waals surface area contributed by atoms with Crippen molar-refractivity contribution in [1.82, 2.24) is 10.6 Å². The summed E-state index contributed by atoms with van der Waals surface area (Å²) in [4.78, 5) is 22.1. The molecule has 2 bridgehead atoms. The average Bonchev–Trinajstić information content (AvgIpc) is 2.72. The standard InChI is InChI=1S/C17H28N2O3S2/c1-11-4-12-5-13-7-17(6-11,8-14(12)13)19-3-2-18-15(20)9-23-24-10-16(21)22/h11-14,19H,2-10H2,1H3,(H,18,20)(H,21,22). The molecule has 0 spiro atoms. The number of carboxylic acid groups (broad SMARTS) is 1. The van der Waals surface area contributed by atoms with E-state index in [2.05, 4.69) is 17.6 Å². The van der Waals surface area contributed by atoms with Gasteiger partial charge in [0, 0.05) is 18.6 Å². The SMILES string of the molecule is CC1CC2CC3CC(NCCNC(=O)CSSCC(=O)O)(C1)CC23. The van der Waals surface area contributed by atoms with E-state index in [4.69, 9.17) is 5.11 Å². The largest absolute Gasteiger partial charge is 0.481 e. The summed E-state index contributed by atoms with van der Waals surface area (Å²) in [5.74, 6) is 3.18. The van der Waals surface area contributed by atoms with E-state index >= 15 is 0 Å². The molecule has 3 aliphatic carbocycles. The van der Waals surface area contributed by atoms with Gasteiger partial charge in [-0.1, -0.05) is 28.5 Å². The van der Waals surface area contributed by atoms with Crippen LogP contribution in [0.4, 0.5) is 0 Å². The summed E-state index contributed by atoms with van der Waals surface area (Å²) in [6.07, 6.45) is 6.80. The van der Waals surface area contributed by atoms with Crippen molar-refractivity contribution in [3.05, 3.63) is 0 Å². The Morgan fingerprint density at radius 2 is 1.88 bits per heavy atom. The molecule has 5 unspecified atom stereocenters. The molecule has 7 heteroatoms. The minimum atomic E-state index is -0.846. The second kappa shape index (κ2) is 7.87. The van der Waals surface area contributed by atoms with Gasteiger partial charge >= 0.3 is 5.97 Å². The maximum atomic E-state index is 11.7. The van der Waals surface area contributed by atoms with Crippen LogP contribution in [0.5, 0.6) is 0 Å². The predicted molar refractivity (Wildman–Crippen MR) is 99.0 cm³/mol. The highest BCUT2D eigenvalue weighted by molar-refractivity contribution is 8.77. The van der Waals surface area contributed by atoms with Crippen molar-refractivity contribution in [3.8, 4) is 0 Å². The Balaban J connectivity index is 1.33. The van der Waals surface area contributed by atoms with Crippen molar-refractivity contribution in [1.29, 1.82) is 0 Å². The monoisotopic (exact) mass is 372 g/mol. The third-order valence-corrected chi connectivity index (χ3v) is 8.06. The number of hydrogen-bond acceptors (Lipinski definition) is 5. The zero-order valence-corrected chi connectivity index (χ0v) is 15.9. The molecule has 0 aliphatic heterocycles. The van der Waals surface area contributed by atoms with Crippen LogP contribution in [0.2, 0.25) is 0 Å². The van der Waals surface area contributed by atoms with Gasteiger partial charge in [-0.05, 0) is 55.8 Å². The molecule has 136 valence electrons. The molecular formula is C17H28N2O3S2. The zero-order chi connectivity index (χ0) is 17.2. The number of aliphatic carboxylic acids is 1. The molecule has 0 aromatic heterocycles. The van der Waals surface area contributed by atoms with Gasteiger partial charge in [0.1, 0.15) is 5.75 Å². The van der Waals surface area contributed by atoms with Crippen LogP contribution in [0, 0.1) is 23.7 Å². The number of fused-ring (bicyclic) bond motifs is 1. The third kappa shape index (κ3) is 4.41. The second-order valence-electron chi connectivity index (χ2n) is 7.85. The fourth-order valence-electron chi connectivity index (χ4n) is 5.22. The lowest BCUT2D eigenvalue weighted by atomic mass is 9.63. The van der Waals surface area contributed by atoms with Crippen molar-refractivity contribution in [2.45, 2.75) is 44.6 Å². The molecule has 3 N–H and O–H groups in total. The zero-order valence-electron chi connectivity index (χ0n) is 14.3. The van der Waals surface area contributed by atoms with Gasteiger partial charge in [-0.25, -0.2) is 0 Å². The summed E-state index contributed by atoms with van der Waals surface area (Å²) in [6, 6.07) is 0. The van der Waals surface area contributed by atoms with E-state index in [0.717, 1.165) is 30.2 Å². The van der Waals surface area contributed by atoms with E-state index in [0.29, 0.717) is 17.8 Å². The number of carbonyl (C=O) groups excluding carboxylic acids is 1. The maximum Gasteiger partial charge on any atom is 0.314 e. The Hall–Kier alpha value is -0.400. The van der Waals surface area contributed by atoms with Gasteiger partial charge in [-0.2, -0.15) is 0 Å². The van der Waals surface area contributed by atoms with Crippen LogP contribution in [0.3, 0.4) is 0 Å². The Labute approximate surface area is 151 Å². The van der Waals surface area contributed by atoms with Gasteiger partial charge in [0.05, 0.1) is 5.75 Å². The van der Waals surface area contributed by atoms with Crippen LogP contribution in [-0.4, -0.2) is 47.1 Å². The quantitative estimate of drug-likeness (QED) is 0.426. The van der Waals surface area contributed by atoms with E-state index in [1.165, 1.54) is 53.7 Å². The van der Waals surface area contributed by atoms with Gasteiger partial charge in [0.2, 0.25) is 5.91 Å². The van der Waals surface area contributed by atoms with Crippen molar-refractivity contribution in [2.75, 3.05) is 24.6 Å². The lowest BCUT2D eigenvalue weighted by Crippen LogP contribution is -2.47. The van der Waals surface area contributed by atoms with Crippen LogP contribution in [0.15, 0.2) is 0 Å². The molecule has 0 heterocycles. The Morgan fingerprint density at radius 3 is 2.67 bits per heavy atom. The normalized spacial score (nSPS) is 36.7. The Morgan fingerprint density at radius 1 is 1.08 bits per heavy atom.